The third-order valence-corrected chi connectivity index (χ3v) is 3.57. The Morgan fingerprint density at radius 2 is 2.24 bits per heavy atom. The number of nitrogens with zero attached hydrogens (tertiary/aromatic N) is 2. The first kappa shape index (κ1) is 15.4. The molecule has 3 rings (SSSR count). The van der Waals surface area contributed by atoms with Crippen molar-refractivity contribution >= 4 is 35.6 Å². The quantitative estimate of drug-likeness (QED) is 0.673. The topological polar surface area (TPSA) is 60.5 Å². The maximum atomic E-state index is 12.1. The number of amides is 1. The number of carbonyl (C=O) groups is 1. The van der Waals surface area contributed by atoms with E-state index in [1.54, 1.807) is 0 Å². The molecule has 0 fully saturated rings. The van der Waals surface area contributed by atoms with Crippen molar-refractivity contribution in [2.75, 3.05) is 27.2 Å². The summed E-state index contributed by atoms with van der Waals surface area (Å²) in [6.45, 7) is 1.28. The van der Waals surface area contributed by atoms with Crippen LogP contribution >= 0.6 is 12.4 Å². The lowest BCUT2D eigenvalue weighted by Gasteiger charge is -2.12. The second-order valence-corrected chi connectivity index (χ2v) is 5.32. The predicted molar refractivity (Wildman–Crippen MR) is 87.7 cm³/mol. The van der Waals surface area contributed by atoms with E-state index in [0.717, 1.165) is 16.5 Å². The van der Waals surface area contributed by atoms with Gasteiger partial charge in [-0.1, -0.05) is 6.07 Å². The summed E-state index contributed by atoms with van der Waals surface area (Å²) in [6.07, 6.45) is 3.81. The summed E-state index contributed by atoms with van der Waals surface area (Å²) in [6, 6.07) is 5.78. The standard InChI is InChI=1S/C15H18N4O.ClH/c1-19(2)9-16-6-10-7-18-15(20)11-4-3-5-13-14(11)12(10)8-17-13;/h3-5,8-10,17H,6-7H2,1-2H3,(H,18,20);1H. The van der Waals surface area contributed by atoms with Gasteiger partial charge in [0.1, 0.15) is 0 Å². The van der Waals surface area contributed by atoms with E-state index in [-0.39, 0.29) is 24.2 Å². The molecule has 0 aliphatic carbocycles. The van der Waals surface area contributed by atoms with Gasteiger partial charge in [-0.15, -0.1) is 12.4 Å². The van der Waals surface area contributed by atoms with E-state index in [1.807, 2.05) is 49.7 Å². The third kappa shape index (κ3) is 2.88. The van der Waals surface area contributed by atoms with Gasteiger partial charge in [0.25, 0.3) is 5.91 Å². The fraction of sp³-hybridized carbons (Fsp3) is 0.333. The van der Waals surface area contributed by atoms with E-state index in [9.17, 15) is 4.79 Å². The van der Waals surface area contributed by atoms with Crippen LogP contribution < -0.4 is 5.32 Å². The van der Waals surface area contributed by atoms with Crippen molar-refractivity contribution in [2.24, 2.45) is 4.99 Å². The highest BCUT2D eigenvalue weighted by Crippen LogP contribution is 2.30. The Balaban J connectivity index is 0.00000161. The Kier molecular flexibility index (Phi) is 4.53. The summed E-state index contributed by atoms with van der Waals surface area (Å²) in [4.78, 5) is 21.8. The zero-order chi connectivity index (χ0) is 14.1. The monoisotopic (exact) mass is 306 g/mol. The Bertz CT molecular complexity index is 677. The minimum atomic E-state index is -0.00413. The molecule has 1 atom stereocenters. The lowest BCUT2D eigenvalue weighted by molar-refractivity contribution is 0.0955. The fourth-order valence-electron chi connectivity index (χ4n) is 2.64. The summed E-state index contributed by atoms with van der Waals surface area (Å²) >= 11 is 0. The number of halogens is 1. The van der Waals surface area contributed by atoms with E-state index in [2.05, 4.69) is 15.3 Å². The van der Waals surface area contributed by atoms with Gasteiger partial charge < -0.3 is 15.2 Å². The molecule has 0 spiro atoms. The second kappa shape index (κ2) is 6.18. The average Bonchev–Trinajstić information content (AvgIpc) is 2.79. The summed E-state index contributed by atoms with van der Waals surface area (Å²) in [5, 5.41) is 4.02. The van der Waals surface area contributed by atoms with Gasteiger partial charge in [0, 0.05) is 55.8 Å². The molecule has 21 heavy (non-hydrogen) atoms. The van der Waals surface area contributed by atoms with Gasteiger partial charge in [-0.2, -0.15) is 0 Å². The number of nitrogens with one attached hydrogen (secondary N) is 2. The smallest absolute Gasteiger partial charge is 0.252 e. The predicted octanol–water partition coefficient (Wildman–Crippen LogP) is 2.01. The number of H-pyrrole nitrogens is 1. The largest absolute Gasteiger partial charge is 0.369 e. The lowest BCUT2D eigenvalue weighted by atomic mass is 9.97. The summed E-state index contributed by atoms with van der Waals surface area (Å²) < 4.78 is 0. The number of aromatic amines is 1. The summed E-state index contributed by atoms with van der Waals surface area (Å²) in [5.41, 5.74) is 2.93. The van der Waals surface area contributed by atoms with Gasteiger partial charge in [0.05, 0.1) is 6.34 Å². The van der Waals surface area contributed by atoms with Crippen molar-refractivity contribution in [3.05, 3.63) is 35.5 Å². The molecular weight excluding hydrogens is 288 g/mol. The maximum Gasteiger partial charge on any atom is 0.252 e. The zero-order valence-corrected chi connectivity index (χ0v) is 12.9. The highest BCUT2D eigenvalue weighted by atomic mass is 35.5. The van der Waals surface area contributed by atoms with Crippen molar-refractivity contribution in [3.63, 3.8) is 0 Å². The third-order valence-electron chi connectivity index (χ3n) is 3.57. The molecule has 1 aromatic heterocycles. The van der Waals surface area contributed by atoms with Crippen LogP contribution in [0.15, 0.2) is 29.4 Å². The van der Waals surface area contributed by atoms with E-state index in [4.69, 9.17) is 0 Å². The van der Waals surface area contributed by atoms with Crippen LogP contribution in [0.4, 0.5) is 0 Å². The first-order valence-electron chi connectivity index (χ1n) is 6.71. The van der Waals surface area contributed by atoms with Crippen LogP contribution in [0.5, 0.6) is 0 Å². The maximum absolute atomic E-state index is 12.1. The van der Waals surface area contributed by atoms with Crippen LogP contribution in [-0.4, -0.2) is 49.3 Å². The molecule has 2 heterocycles. The minimum absolute atomic E-state index is 0. The molecule has 2 aromatic rings. The minimum Gasteiger partial charge on any atom is -0.369 e. The molecule has 6 heteroatoms. The molecule has 1 aromatic carbocycles. The number of hydrogen-bond acceptors (Lipinski definition) is 2. The molecule has 5 nitrogen and oxygen atoms in total. The van der Waals surface area contributed by atoms with Crippen molar-refractivity contribution in [2.45, 2.75) is 5.92 Å². The molecule has 0 saturated carbocycles. The number of aromatic nitrogens is 1. The molecule has 1 aliphatic rings. The number of carbonyl (C=O) groups excluding carboxylic acids is 1. The van der Waals surface area contributed by atoms with Gasteiger partial charge in [-0.3, -0.25) is 9.79 Å². The van der Waals surface area contributed by atoms with Crippen molar-refractivity contribution in [1.82, 2.24) is 15.2 Å². The molecule has 0 bridgehead atoms. The number of aliphatic imine (C=N–C) groups is 1. The highest BCUT2D eigenvalue weighted by molar-refractivity contribution is 6.08. The van der Waals surface area contributed by atoms with E-state index in [1.165, 1.54) is 5.56 Å². The van der Waals surface area contributed by atoms with Gasteiger partial charge in [0.15, 0.2) is 0 Å². The highest BCUT2D eigenvalue weighted by Gasteiger charge is 2.24. The van der Waals surface area contributed by atoms with Crippen LogP contribution in [0.1, 0.15) is 21.8 Å². The van der Waals surface area contributed by atoms with E-state index in [0.29, 0.717) is 13.1 Å². The first-order valence-corrected chi connectivity index (χ1v) is 6.71. The van der Waals surface area contributed by atoms with Crippen LogP contribution in [0.2, 0.25) is 0 Å². The van der Waals surface area contributed by atoms with Crippen molar-refractivity contribution in [3.8, 4) is 0 Å². The number of hydrogen-bond donors (Lipinski definition) is 2. The van der Waals surface area contributed by atoms with Crippen LogP contribution in [-0.2, 0) is 0 Å². The Labute approximate surface area is 129 Å². The number of rotatable bonds is 3. The van der Waals surface area contributed by atoms with Gasteiger partial charge >= 0.3 is 0 Å². The van der Waals surface area contributed by atoms with E-state index < -0.39 is 0 Å². The SMILES string of the molecule is CN(C)C=NCC1CNC(=O)c2cccc3[nH]cc1c23.Cl. The fourth-order valence-corrected chi connectivity index (χ4v) is 2.64. The van der Waals surface area contributed by atoms with Crippen molar-refractivity contribution < 1.29 is 4.79 Å². The lowest BCUT2D eigenvalue weighted by Crippen LogP contribution is -2.27. The van der Waals surface area contributed by atoms with E-state index >= 15 is 0 Å². The number of benzene rings is 1. The van der Waals surface area contributed by atoms with Crippen molar-refractivity contribution in [1.29, 1.82) is 0 Å². The molecule has 1 aliphatic heterocycles. The van der Waals surface area contributed by atoms with Gasteiger partial charge in [-0.05, 0) is 17.7 Å². The Morgan fingerprint density at radius 3 is 3.00 bits per heavy atom. The zero-order valence-electron chi connectivity index (χ0n) is 12.1. The Hall–Kier alpha value is -2.01. The molecule has 112 valence electrons. The van der Waals surface area contributed by atoms with Crippen LogP contribution in [0, 0.1) is 0 Å². The first-order chi connectivity index (χ1) is 9.66. The molecular formula is C15H19ClN4O. The molecule has 0 saturated heterocycles. The molecule has 2 N–H and O–H groups in total. The summed E-state index contributed by atoms with van der Waals surface area (Å²) in [7, 11) is 3.89. The molecule has 0 radical (unpaired) electrons. The second-order valence-electron chi connectivity index (χ2n) is 5.32. The van der Waals surface area contributed by atoms with Crippen LogP contribution in [0.3, 0.4) is 0 Å². The average molecular weight is 307 g/mol. The Morgan fingerprint density at radius 1 is 1.43 bits per heavy atom. The van der Waals surface area contributed by atoms with Gasteiger partial charge in [-0.25, -0.2) is 0 Å². The van der Waals surface area contributed by atoms with Gasteiger partial charge in [0.2, 0.25) is 0 Å². The normalized spacial score (nSPS) is 17.4. The van der Waals surface area contributed by atoms with Crippen LogP contribution in [0.25, 0.3) is 10.9 Å². The molecule has 1 unspecified atom stereocenters. The molecule has 1 amide bonds. The summed E-state index contributed by atoms with van der Waals surface area (Å²) in [5.74, 6) is 0.197.